The predicted octanol–water partition coefficient (Wildman–Crippen LogP) is 3.09. The van der Waals surface area contributed by atoms with Gasteiger partial charge in [-0.1, -0.05) is 18.2 Å². The fraction of sp³-hybridized carbons (Fsp3) is 0.333. The Labute approximate surface area is 124 Å². The minimum Gasteiger partial charge on any atom is -0.349 e. The lowest BCUT2D eigenvalue weighted by molar-refractivity contribution is -0.141. The molecule has 1 aliphatic carbocycles. The molecule has 1 aliphatic rings. The Hall–Kier alpha value is -2.31. The molecule has 1 saturated carbocycles. The van der Waals surface area contributed by atoms with E-state index in [0.29, 0.717) is 5.69 Å². The van der Waals surface area contributed by atoms with Crippen LogP contribution in [0.15, 0.2) is 30.3 Å². The summed E-state index contributed by atoms with van der Waals surface area (Å²) in [5.74, 6) is -0.713. The van der Waals surface area contributed by atoms with Crippen LogP contribution in [0.5, 0.6) is 0 Å². The average Bonchev–Trinajstić information content (AvgIpc) is 3.19. The second-order valence-electron chi connectivity index (χ2n) is 5.30. The number of carbonyl (C=O) groups is 1. The van der Waals surface area contributed by atoms with Gasteiger partial charge in [-0.2, -0.15) is 18.3 Å². The van der Waals surface area contributed by atoms with Crippen LogP contribution in [0, 0.1) is 6.92 Å². The van der Waals surface area contributed by atoms with Crippen LogP contribution in [0.1, 0.15) is 34.6 Å². The number of hydrogen-bond acceptors (Lipinski definition) is 2. The molecular weight excluding hydrogens is 295 g/mol. The van der Waals surface area contributed by atoms with Crippen molar-refractivity contribution in [3.63, 3.8) is 0 Å². The van der Waals surface area contributed by atoms with E-state index in [4.69, 9.17) is 0 Å². The van der Waals surface area contributed by atoms with Gasteiger partial charge < -0.3 is 5.32 Å². The summed E-state index contributed by atoms with van der Waals surface area (Å²) in [6.07, 6.45) is -3.07. The van der Waals surface area contributed by atoms with E-state index in [1.165, 1.54) is 6.92 Å². The number of halogens is 3. The van der Waals surface area contributed by atoms with Crippen LogP contribution in [0.4, 0.5) is 13.2 Å². The molecular formula is C15H14F3N3O. The van der Waals surface area contributed by atoms with Crippen LogP contribution in [0.3, 0.4) is 0 Å². The third-order valence-corrected chi connectivity index (χ3v) is 3.53. The molecule has 116 valence electrons. The number of hydrogen-bond donors (Lipinski definition) is 1. The Morgan fingerprint density at radius 2 is 1.91 bits per heavy atom. The lowest BCUT2D eigenvalue weighted by Crippen LogP contribution is -2.28. The number of nitrogens with zero attached hydrogens (tertiary/aromatic N) is 2. The molecule has 0 aliphatic heterocycles. The number of alkyl halides is 3. The number of benzene rings is 1. The summed E-state index contributed by atoms with van der Waals surface area (Å²) in [4.78, 5) is 12.2. The Kier molecular flexibility index (Phi) is 3.42. The second kappa shape index (κ2) is 5.15. The van der Waals surface area contributed by atoms with Crippen molar-refractivity contribution in [3.8, 4) is 5.69 Å². The van der Waals surface area contributed by atoms with E-state index in [-0.39, 0.29) is 11.7 Å². The zero-order valence-electron chi connectivity index (χ0n) is 11.8. The van der Waals surface area contributed by atoms with Gasteiger partial charge in [0, 0.05) is 6.04 Å². The van der Waals surface area contributed by atoms with Crippen molar-refractivity contribution in [2.45, 2.75) is 32.0 Å². The van der Waals surface area contributed by atoms with Gasteiger partial charge in [0.2, 0.25) is 0 Å². The van der Waals surface area contributed by atoms with Crippen molar-refractivity contribution < 1.29 is 18.0 Å². The summed E-state index contributed by atoms with van der Waals surface area (Å²) in [6, 6.07) is 8.42. The Bertz CT molecular complexity index is 703. The molecule has 1 fully saturated rings. The van der Waals surface area contributed by atoms with Crippen LogP contribution < -0.4 is 5.32 Å². The van der Waals surface area contributed by atoms with E-state index in [9.17, 15) is 18.0 Å². The van der Waals surface area contributed by atoms with E-state index in [0.717, 1.165) is 17.5 Å². The maximum atomic E-state index is 13.2. The van der Waals surface area contributed by atoms with Crippen molar-refractivity contribution in [3.05, 3.63) is 47.3 Å². The Balaban J connectivity index is 2.10. The Morgan fingerprint density at radius 1 is 1.27 bits per heavy atom. The van der Waals surface area contributed by atoms with Crippen molar-refractivity contribution in [1.82, 2.24) is 15.1 Å². The molecule has 0 radical (unpaired) electrons. The van der Waals surface area contributed by atoms with E-state index in [1.807, 2.05) is 0 Å². The normalized spacial score (nSPS) is 14.9. The largest absolute Gasteiger partial charge is 0.435 e. The van der Waals surface area contributed by atoms with E-state index in [2.05, 4.69) is 10.4 Å². The number of carbonyl (C=O) groups excluding carboxylic acids is 1. The number of rotatable bonds is 3. The zero-order valence-corrected chi connectivity index (χ0v) is 11.8. The smallest absolute Gasteiger partial charge is 0.349 e. The fourth-order valence-electron chi connectivity index (χ4n) is 2.28. The molecule has 1 heterocycles. The van der Waals surface area contributed by atoms with Gasteiger partial charge in [-0.25, -0.2) is 4.68 Å². The number of amides is 1. The standard InChI is InChI=1S/C15H14F3N3O/c1-9-12(14(22)19-10-7-8-10)13(15(16,17)18)20-21(9)11-5-3-2-4-6-11/h2-6,10H,7-8H2,1H3,(H,19,22). The number of nitrogens with one attached hydrogen (secondary N) is 1. The van der Waals surface area contributed by atoms with Crippen LogP contribution in [0.2, 0.25) is 0 Å². The maximum Gasteiger partial charge on any atom is 0.435 e. The van der Waals surface area contributed by atoms with Gasteiger partial charge in [0.05, 0.1) is 16.9 Å². The predicted molar refractivity (Wildman–Crippen MR) is 73.8 cm³/mol. The molecule has 1 amide bonds. The molecule has 3 rings (SSSR count). The number of para-hydroxylation sites is 1. The van der Waals surface area contributed by atoms with Crippen LogP contribution in [0.25, 0.3) is 5.69 Å². The molecule has 0 saturated heterocycles. The SMILES string of the molecule is Cc1c(C(=O)NC2CC2)c(C(F)(F)F)nn1-c1ccccc1. The molecule has 1 N–H and O–H groups in total. The molecule has 0 unspecified atom stereocenters. The number of aromatic nitrogens is 2. The van der Waals surface area contributed by atoms with Crippen molar-refractivity contribution in [2.24, 2.45) is 0 Å². The average molecular weight is 309 g/mol. The monoisotopic (exact) mass is 309 g/mol. The van der Waals surface area contributed by atoms with Gasteiger partial charge in [0.15, 0.2) is 5.69 Å². The Morgan fingerprint density at radius 3 is 2.45 bits per heavy atom. The van der Waals surface area contributed by atoms with E-state index in [1.54, 1.807) is 30.3 Å². The van der Waals surface area contributed by atoms with Crippen LogP contribution in [-0.2, 0) is 6.18 Å². The van der Waals surface area contributed by atoms with Gasteiger partial charge in [0.1, 0.15) is 0 Å². The van der Waals surface area contributed by atoms with Crippen molar-refractivity contribution in [1.29, 1.82) is 0 Å². The molecule has 0 atom stereocenters. The van der Waals surface area contributed by atoms with Crippen LogP contribution >= 0.6 is 0 Å². The first-order valence-electron chi connectivity index (χ1n) is 6.91. The van der Waals surface area contributed by atoms with E-state index >= 15 is 0 Å². The first-order valence-corrected chi connectivity index (χ1v) is 6.91. The minimum absolute atomic E-state index is 0.0203. The lowest BCUT2D eigenvalue weighted by Gasteiger charge is -2.07. The highest BCUT2D eigenvalue weighted by Crippen LogP contribution is 2.34. The van der Waals surface area contributed by atoms with Gasteiger partial charge >= 0.3 is 6.18 Å². The summed E-state index contributed by atoms with van der Waals surface area (Å²) in [5, 5.41) is 6.23. The summed E-state index contributed by atoms with van der Waals surface area (Å²) >= 11 is 0. The van der Waals surface area contributed by atoms with Gasteiger partial charge in [-0.15, -0.1) is 0 Å². The topological polar surface area (TPSA) is 46.9 Å². The summed E-state index contributed by atoms with van der Waals surface area (Å²) in [6.45, 7) is 1.47. The summed E-state index contributed by atoms with van der Waals surface area (Å²) in [7, 11) is 0. The first kappa shape index (κ1) is 14.6. The second-order valence-corrected chi connectivity index (χ2v) is 5.30. The van der Waals surface area contributed by atoms with Crippen molar-refractivity contribution >= 4 is 5.91 Å². The molecule has 0 bridgehead atoms. The highest BCUT2D eigenvalue weighted by atomic mass is 19.4. The molecule has 7 heteroatoms. The third kappa shape index (κ3) is 2.70. The molecule has 22 heavy (non-hydrogen) atoms. The highest BCUT2D eigenvalue weighted by molar-refractivity contribution is 5.97. The molecule has 0 spiro atoms. The summed E-state index contributed by atoms with van der Waals surface area (Å²) in [5.41, 5.74) is -0.886. The van der Waals surface area contributed by atoms with Crippen LogP contribution in [-0.4, -0.2) is 21.7 Å². The summed E-state index contributed by atoms with van der Waals surface area (Å²) < 4.78 is 40.8. The quantitative estimate of drug-likeness (QED) is 0.947. The maximum absolute atomic E-state index is 13.2. The molecule has 1 aromatic carbocycles. The van der Waals surface area contributed by atoms with Gasteiger partial charge in [-0.3, -0.25) is 4.79 Å². The van der Waals surface area contributed by atoms with Crippen molar-refractivity contribution in [2.75, 3.05) is 0 Å². The minimum atomic E-state index is -4.68. The molecule has 1 aromatic heterocycles. The lowest BCUT2D eigenvalue weighted by atomic mass is 10.1. The first-order chi connectivity index (χ1) is 10.4. The molecule has 4 nitrogen and oxygen atoms in total. The fourth-order valence-corrected chi connectivity index (χ4v) is 2.28. The molecule has 2 aromatic rings. The van der Waals surface area contributed by atoms with Gasteiger partial charge in [-0.05, 0) is 31.9 Å². The van der Waals surface area contributed by atoms with Gasteiger partial charge in [0.25, 0.3) is 5.91 Å². The zero-order chi connectivity index (χ0) is 15.9. The third-order valence-electron chi connectivity index (χ3n) is 3.53. The highest BCUT2D eigenvalue weighted by Gasteiger charge is 2.41. The van der Waals surface area contributed by atoms with E-state index < -0.39 is 23.3 Å².